The SMILES string of the molecule is CCOc1cc2c(Nc3ccc(OC)cc3)c(C)cnc2nc1C.CCOc1cc2c(Nc3ccc(OC)cc3)c(C)cnc2nc1C.CCOc1cc2c(Nc3ccc(OC)cc3)c(C)cnc2nc1C.CCOc1cc2c(Nc3ccc(OC)cc3)c(C)cnc2nc1C.Cl.Cl.O. The van der Waals surface area contributed by atoms with E-state index in [1.54, 1.807) is 28.4 Å². The third-order valence-electron chi connectivity index (χ3n) is 15.4. The van der Waals surface area contributed by atoms with Crippen LogP contribution in [0.1, 0.15) is 72.7 Å². The summed E-state index contributed by atoms with van der Waals surface area (Å²) >= 11 is 0. The van der Waals surface area contributed by atoms with Crippen LogP contribution in [0.3, 0.4) is 0 Å². The highest BCUT2D eigenvalue weighted by molar-refractivity contribution is 5.97. The molecule has 0 spiro atoms. The first-order valence-electron chi connectivity index (χ1n) is 31.7. The lowest BCUT2D eigenvalue weighted by Crippen LogP contribution is -2.01. The van der Waals surface area contributed by atoms with Crippen molar-refractivity contribution in [3.05, 3.63) is 191 Å². The standard InChI is InChI=1S/4C19H21N3O2.2ClH.H2O/c4*1-5-24-17-10-16-18(12(2)11-20-19(16)21-13(17)3)22-14-6-8-15(23-4)9-7-14;;;/h4*6-11H,5H2,1-4H3,(H,20,21,22);2*1H;1H2. The molecule has 0 saturated carbocycles. The van der Waals surface area contributed by atoms with E-state index in [9.17, 15) is 0 Å². The highest BCUT2D eigenvalue weighted by Gasteiger charge is 2.17. The molecule has 0 saturated heterocycles. The lowest BCUT2D eigenvalue weighted by Gasteiger charge is -2.14. The van der Waals surface area contributed by atoms with Crippen LogP contribution in [0.2, 0.25) is 0 Å². The third-order valence-corrected chi connectivity index (χ3v) is 15.4. The van der Waals surface area contributed by atoms with Gasteiger partial charge in [-0.25, -0.2) is 39.9 Å². The molecule has 12 aromatic rings. The number of methoxy groups -OCH3 is 4. The number of pyridine rings is 8. The average molecular weight is 1380 g/mol. The van der Waals surface area contributed by atoms with Gasteiger partial charge in [-0.05, 0) is 227 Å². The first-order chi connectivity index (χ1) is 46.5. The normalized spacial score (nSPS) is 10.3. The van der Waals surface area contributed by atoms with E-state index in [1.165, 1.54) is 0 Å². The zero-order valence-electron chi connectivity index (χ0n) is 58.8. The minimum atomic E-state index is 0. The molecule has 21 nitrogen and oxygen atoms in total. The molecule has 0 aliphatic carbocycles. The van der Waals surface area contributed by atoms with E-state index < -0.39 is 0 Å². The van der Waals surface area contributed by atoms with Gasteiger partial charge in [0, 0.05) is 69.1 Å². The summed E-state index contributed by atoms with van der Waals surface area (Å²) in [4.78, 5) is 36.1. The largest absolute Gasteiger partial charge is 0.497 e. The maximum atomic E-state index is 5.69. The van der Waals surface area contributed by atoms with Crippen molar-refractivity contribution in [2.75, 3.05) is 76.1 Å². The van der Waals surface area contributed by atoms with Crippen LogP contribution in [0.5, 0.6) is 46.0 Å². The number of nitrogens with zero attached hydrogens (tertiary/aromatic N) is 8. The average Bonchev–Trinajstić information content (AvgIpc) is 0.809. The number of halogens is 2. The fourth-order valence-corrected chi connectivity index (χ4v) is 10.3. The third kappa shape index (κ3) is 19.3. The molecule has 23 heteroatoms. The monoisotopic (exact) mass is 1380 g/mol. The van der Waals surface area contributed by atoms with Crippen LogP contribution < -0.4 is 59.2 Å². The van der Waals surface area contributed by atoms with Gasteiger partial charge in [0.05, 0.1) is 100 Å². The molecule has 0 unspecified atom stereocenters. The first kappa shape index (κ1) is 77.3. The lowest BCUT2D eigenvalue weighted by atomic mass is 10.1. The summed E-state index contributed by atoms with van der Waals surface area (Å²) in [5.74, 6) is 6.46. The van der Waals surface area contributed by atoms with Crippen molar-refractivity contribution < 1.29 is 43.4 Å². The Balaban J connectivity index is 0.000000206. The Hall–Kier alpha value is -10.7. The maximum Gasteiger partial charge on any atom is 0.161 e. The molecule has 520 valence electrons. The minimum absolute atomic E-state index is 0. The van der Waals surface area contributed by atoms with Crippen molar-refractivity contribution in [3.8, 4) is 46.0 Å². The summed E-state index contributed by atoms with van der Waals surface area (Å²) in [6, 6.07) is 39.3. The quantitative estimate of drug-likeness (QED) is 0.0553. The second-order valence-corrected chi connectivity index (χ2v) is 22.2. The van der Waals surface area contributed by atoms with E-state index in [0.29, 0.717) is 49.0 Å². The predicted octanol–water partition coefficient (Wildman–Crippen LogP) is 17.6. The van der Waals surface area contributed by atoms with Gasteiger partial charge < -0.3 is 64.6 Å². The number of hydrogen-bond donors (Lipinski definition) is 4. The second-order valence-electron chi connectivity index (χ2n) is 22.2. The Morgan fingerprint density at radius 3 is 0.636 bits per heavy atom. The van der Waals surface area contributed by atoms with Gasteiger partial charge in [-0.3, -0.25) is 0 Å². The van der Waals surface area contributed by atoms with Crippen LogP contribution in [-0.2, 0) is 0 Å². The number of aromatic nitrogens is 8. The number of anilines is 8. The van der Waals surface area contributed by atoms with Crippen LogP contribution in [0.4, 0.5) is 45.5 Å². The van der Waals surface area contributed by atoms with E-state index >= 15 is 0 Å². The van der Waals surface area contributed by atoms with E-state index in [0.717, 1.165) is 158 Å². The van der Waals surface area contributed by atoms with Gasteiger partial charge in [0.25, 0.3) is 0 Å². The fourth-order valence-electron chi connectivity index (χ4n) is 10.3. The van der Waals surface area contributed by atoms with E-state index in [4.69, 9.17) is 37.9 Å². The van der Waals surface area contributed by atoms with Gasteiger partial charge >= 0.3 is 0 Å². The van der Waals surface area contributed by atoms with Gasteiger partial charge in [0.15, 0.2) is 22.6 Å². The van der Waals surface area contributed by atoms with Crippen molar-refractivity contribution in [2.45, 2.75) is 83.1 Å². The molecule has 8 aromatic heterocycles. The molecule has 8 heterocycles. The Bertz CT molecular complexity index is 4050. The fraction of sp³-hybridized carbons (Fsp3) is 0.263. The van der Waals surface area contributed by atoms with Gasteiger partial charge in [-0.15, -0.1) is 24.8 Å². The predicted molar refractivity (Wildman–Crippen MR) is 404 cm³/mol. The van der Waals surface area contributed by atoms with Gasteiger partial charge in [0.2, 0.25) is 0 Å². The molecule has 0 aliphatic heterocycles. The lowest BCUT2D eigenvalue weighted by molar-refractivity contribution is 0.336. The molecule has 6 N–H and O–H groups in total. The van der Waals surface area contributed by atoms with Crippen LogP contribution >= 0.6 is 24.8 Å². The highest BCUT2D eigenvalue weighted by Crippen LogP contribution is 2.37. The van der Waals surface area contributed by atoms with Crippen LogP contribution in [0.25, 0.3) is 44.1 Å². The van der Waals surface area contributed by atoms with Crippen molar-refractivity contribution in [3.63, 3.8) is 0 Å². The van der Waals surface area contributed by atoms with Crippen molar-refractivity contribution in [1.29, 1.82) is 0 Å². The molecule has 0 bridgehead atoms. The summed E-state index contributed by atoms with van der Waals surface area (Å²) in [6.07, 6.45) is 7.34. The molecule has 0 atom stereocenters. The first-order valence-corrected chi connectivity index (χ1v) is 31.7. The number of hydrogen-bond acceptors (Lipinski definition) is 20. The van der Waals surface area contributed by atoms with Crippen molar-refractivity contribution >= 4 is 114 Å². The number of nitrogens with one attached hydrogen (secondary N) is 4. The summed E-state index contributed by atoms with van der Waals surface area (Å²) < 4.78 is 43.6. The van der Waals surface area contributed by atoms with Gasteiger partial charge in [0.1, 0.15) is 46.0 Å². The topological polar surface area (TPSA) is 257 Å². The van der Waals surface area contributed by atoms with E-state index in [2.05, 4.69) is 61.1 Å². The van der Waals surface area contributed by atoms with Crippen LogP contribution in [0.15, 0.2) is 146 Å². The highest BCUT2D eigenvalue weighted by atomic mass is 35.5. The Morgan fingerprint density at radius 2 is 0.475 bits per heavy atom. The number of benzene rings is 4. The van der Waals surface area contributed by atoms with Crippen molar-refractivity contribution in [1.82, 2.24) is 39.9 Å². The van der Waals surface area contributed by atoms with E-state index in [1.807, 2.05) is 229 Å². The van der Waals surface area contributed by atoms with Gasteiger partial charge in [-0.1, -0.05) is 0 Å². The Morgan fingerprint density at radius 1 is 0.293 bits per heavy atom. The zero-order chi connectivity index (χ0) is 68.4. The Kier molecular flexibility index (Phi) is 28.5. The summed E-state index contributed by atoms with van der Waals surface area (Å²) in [6.45, 7) is 26.1. The van der Waals surface area contributed by atoms with Crippen molar-refractivity contribution in [2.24, 2.45) is 0 Å². The molecule has 0 amide bonds. The second kappa shape index (κ2) is 36.6. The van der Waals surface area contributed by atoms with Crippen LogP contribution in [0, 0.1) is 55.4 Å². The molecular weight excluding hydrogens is 1300 g/mol. The molecule has 4 aromatic carbocycles. The summed E-state index contributed by atoms with van der Waals surface area (Å²) in [5.41, 5.74) is 18.2. The summed E-state index contributed by atoms with van der Waals surface area (Å²) in [7, 11) is 6.64. The molecule has 0 fully saturated rings. The smallest absolute Gasteiger partial charge is 0.161 e. The number of fused-ring (bicyclic) bond motifs is 4. The number of rotatable bonds is 20. The molecule has 0 radical (unpaired) electrons. The molecule has 12 rings (SSSR count). The van der Waals surface area contributed by atoms with Gasteiger partial charge in [-0.2, -0.15) is 0 Å². The number of aryl methyl sites for hydroxylation is 8. The zero-order valence-corrected chi connectivity index (χ0v) is 60.5. The minimum Gasteiger partial charge on any atom is -0.497 e. The van der Waals surface area contributed by atoms with E-state index in [-0.39, 0.29) is 30.3 Å². The Labute approximate surface area is 591 Å². The maximum absolute atomic E-state index is 5.69. The molecule has 0 aliphatic rings. The van der Waals surface area contributed by atoms with Crippen LogP contribution in [-0.4, -0.2) is 100 Å². The number of ether oxygens (including phenoxy) is 8. The summed E-state index contributed by atoms with van der Waals surface area (Å²) in [5, 5.41) is 17.6. The molecular formula is C76H88Cl2N12O9. The molecule has 99 heavy (non-hydrogen) atoms.